The number of phenols is 2. The van der Waals surface area contributed by atoms with E-state index in [4.69, 9.17) is 0 Å². The highest BCUT2D eigenvalue weighted by Gasteiger charge is 2.37. The number of carbonyl (C=O) groups is 2. The molecule has 4 N–H and O–H groups in total. The number of nitriles is 1. The molecule has 0 aliphatic carbocycles. The average molecular weight is 417 g/mol. The number of nitrogens with zero attached hydrogens (tertiary/aromatic N) is 3. The maximum Gasteiger partial charge on any atom is 0.315 e. The van der Waals surface area contributed by atoms with Gasteiger partial charge in [-0.25, -0.2) is 0 Å². The van der Waals surface area contributed by atoms with Crippen molar-refractivity contribution in [1.29, 1.82) is 5.26 Å². The molecule has 0 bridgehead atoms. The van der Waals surface area contributed by atoms with Gasteiger partial charge in [-0.3, -0.25) is 19.7 Å². The lowest BCUT2D eigenvalue weighted by atomic mass is 10.0. The lowest BCUT2D eigenvalue weighted by molar-refractivity contribution is -0.386. The highest BCUT2D eigenvalue weighted by molar-refractivity contribution is 6.01. The van der Waals surface area contributed by atoms with Gasteiger partial charge in [-0.05, 0) is 38.0 Å². The lowest BCUT2D eigenvalue weighted by Crippen LogP contribution is -2.51. The molecule has 1 aromatic rings. The molecule has 0 spiro atoms. The molecule has 2 rings (SSSR count). The van der Waals surface area contributed by atoms with E-state index in [9.17, 15) is 35.2 Å². The van der Waals surface area contributed by atoms with Crippen molar-refractivity contribution < 1.29 is 24.7 Å². The fraction of sp³-hybridized carbons (Fsp3) is 0.421. The van der Waals surface area contributed by atoms with E-state index in [0.29, 0.717) is 26.1 Å². The van der Waals surface area contributed by atoms with Crippen molar-refractivity contribution in [3.8, 4) is 17.6 Å². The molecule has 2 amide bonds. The van der Waals surface area contributed by atoms with E-state index in [1.165, 1.54) is 4.90 Å². The number of amides is 2. The monoisotopic (exact) mass is 417 g/mol. The van der Waals surface area contributed by atoms with Gasteiger partial charge in [0.05, 0.1) is 10.5 Å². The van der Waals surface area contributed by atoms with Crippen molar-refractivity contribution in [3.05, 3.63) is 33.4 Å². The first-order valence-corrected chi connectivity index (χ1v) is 9.27. The van der Waals surface area contributed by atoms with E-state index < -0.39 is 33.6 Å². The Morgan fingerprint density at radius 2 is 2.20 bits per heavy atom. The quantitative estimate of drug-likeness (QED) is 0.157. The van der Waals surface area contributed by atoms with Gasteiger partial charge >= 0.3 is 5.69 Å². The van der Waals surface area contributed by atoms with Crippen molar-refractivity contribution in [2.24, 2.45) is 0 Å². The third-order valence-corrected chi connectivity index (χ3v) is 4.93. The Bertz CT molecular complexity index is 938. The molecule has 1 aliphatic rings. The molecule has 11 heteroatoms. The summed E-state index contributed by atoms with van der Waals surface area (Å²) in [6, 6.07) is 3.74. The number of rotatable bonds is 8. The zero-order valence-corrected chi connectivity index (χ0v) is 16.6. The average Bonchev–Trinajstić information content (AvgIpc) is 3.03. The third-order valence-electron chi connectivity index (χ3n) is 4.93. The number of phenolic OH excluding ortho intramolecular Hbond substituents is 2. The predicted octanol–water partition coefficient (Wildman–Crippen LogP) is 0.630. The first-order valence-electron chi connectivity index (χ1n) is 9.27. The Labute approximate surface area is 172 Å². The van der Waals surface area contributed by atoms with E-state index in [0.717, 1.165) is 18.2 Å². The van der Waals surface area contributed by atoms with Crippen molar-refractivity contribution >= 4 is 23.6 Å². The molecule has 1 saturated heterocycles. The van der Waals surface area contributed by atoms with Gasteiger partial charge in [0.15, 0.2) is 5.75 Å². The summed E-state index contributed by atoms with van der Waals surface area (Å²) >= 11 is 0. The van der Waals surface area contributed by atoms with E-state index in [1.54, 1.807) is 19.9 Å². The number of likely N-dealkylation sites (N-methyl/N-ethyl adjacent to an activating group) is 1. The van der Waals surface area contributed by atoms with Crippen LogP contribution in [0.4, 0.5) is 5.69 Å². The van der Waals surface area contributed by atoms with Gasteiger partial charge in [0.2, 0.25) is 11.7 Å². The second-order valence-corrected chi connectivity index (χ2v) is 6.98. The molecular formula is C19H23N5O6. The Kier molecular flexibility index (Phi) is 6.97. The first kappa shape index (κ1) is 22.6. The van der Waals surface area contributed by atoms with Crippen molar-refractivity contribution in [2.45, 2.75) is 25.8 Å². The molecule has 1 atom stereocenters. The number of benzene rings is 1. The van der Waals surface area contributed by atoms with Gasteiger partial charge in [0.1, 0.15) is 11.6 Å². The zero-order valence-electron chi connectivity index (χ0n) is 16.6. The maximum atomic E-state index is 12.7. The highest BCUT2D eigenvalue weighted by atomic mass is 16.6. The second-order valence-electron chi connectivity index (χ2n) is 6.98. The zero-order chi connectivity index (χ0) is 22.5. The van der Waals surface area contributed by atoms with Crippen LogP contribution in [0.5, 0.6) is 11.5 Å². The number of nitro benzene ring substituents is 1. The van der Waals surface area contributed by atoms with E-state index >= 15 is 0 Å². The minimum atomic E-state index is -0.896. The second kappa shape index (κ2) is 9.23. The summed E-state index contributed by atoms with van der Waals surface area (Å²) in [5.41, 5.74) is -1.73. The fourth-order valence-electron chi connectivity index (χ4n) is 3.10. The van der Waals surface area contributed by atoms with Crippen LogP contribution in [0.1, 0.15) is 25.8 Å². The van der Waals surface area contributed by atoms with Crippen LogP contribution < -0.4 is 10.6 Å². The number of nitro groups is 1. The Hall–Kier alpha value is -3.65. The van der Waals surface area contributed by atoms with Crippen LogP contribution in [0, 0.1) is 21.4 Å². The third kappa shape index (κ3) is 4.84. The molecule has 0 unspecified atom stereocenters. The van der Waals surface area contributed by atoms with Crippen molar-refractivity contribution in [3.63, 3.8) is 0 Å². The molecule has 1 aromatic carbocycles. The number of hydrogen-bond acceptors (Lipinski definition) is 8. The number of carbonyl (C=O) groups excluding carboxylic acids is 2. The van der Waals surface area contributed by atoms with Crippen LogP contribution in [0.3, 0.4) is 0 Å². The summed E-state index contributed by atoms with van der Waals surface area (Å²) in [7, 11) is 0. The van der Waals surface area contributed by atoms with Gasteiger partial charge in [0, 0.05) is 32.2 Å². The van der Waals surface area contributed by atoms with Gasteiger partial charge < -0.3 is 25.7 Å². The van der Waals surface area contributed by atoms with Crippen LogP contribution in [0.2, 0.25) is 0 Å². The number of nitrogens with one attached hydrogen (secondary N) is 2. The Morgan fingerprint density at radius 3 is 2.73 bits per heavy atom. The Morgan fingerprint density at radius 1 is 1.50 bits per heavy atom. The van der Waals surface area contributed by atoms with Gasteiger partial charge in [0.25, 0.3) is 5.91 Å². The first-order chi connectivity index (χ1) is 14.1. The minimum absolute atomic E-state index is 0.0196. The molecule has 1 heterocycles. The molecule has 160 valence electrons. The molecule has 1 fully saturated rings. The van der Waals surface area contributed by atoms with Crippen LogP contribution in [-0.4, -0.2) is 63.6 Å². The van der Waals surface area contributed by atoms with E-state index in [-0.39, 0.29) is 23.6 Å². The molecule has 11 nitrogen and oxygen atoms in total. The topological polar surface area (TPSA) is 169 Å². The van der Waals surface area contributed by atoms with Gasteiger partial charge in [-0.2, -0.15) is 5.26 Å². The van der Waals surface area contributed by atoms with E-state index in [2.05, 4.69) is 10.6 Å². The largest absolute Gasteiger partial charge is 0.504 e. The fourth-order valence-corrected chi connectivity index (χ4v) is 3.10. The molecule has 0 aromatic heterocycles. The molecule has 1 aliphatic heterocycles. The Balaban J connectivity index is 2.16. The van der Waals surface area contributed by atoms with E-state index in [1.807, 2.05) is 0 Å². The SMILES string of the molecule is CCN(CCN[C@]1(C)CCNC1=O)C(=O)/C(C#N)=C/c1cc(O)c(O)c([N+](=O)[O-])c1. The summed E-state index contributed by atoms with van der Waals surface area (Å²) in [5.74, 6) is -2.34. The summed E-state index contributed by atoms with van der Waals surface area (Å²) < 4.78 is 0. The van der Waals surface area contributed by atoms with Crippen LogP contribution in [0.15, 0.2) is 17.7 Å². The molecular weight excluding hydrogens is 394 g/mol. The number of hydrogen-bond donors (Lipinski definition) is 4. The van der Waals surface area contributed by atoms with Crippen LogP contribution >= 0.6 is 0 Å². The van der Waals surface area contributed by atoms with Gasteiger partial charge in [-0.1, -0.05) is 0 Å². The highest BCUT2D eigenvalue weighted by Crippen LogP contribution is 2.36. The van der Waals surface area contributed by atoms with Crippen LogP contribution in [-0.2, 0) is 9.59 Å². The standard InChI is InChI=1S/C19H23N5O6/c1-3-23(7-6-22-19(2)4-5-21-18(19)28)17(27)13(11-20)8-12-9-14(24(29)30)16(26)15(25)10-12/h8-10,22,25-26H,3-7H2,1-2H3,(H,21,28)/b13-8+/t19-/m1/s1. The molecule has 0 radical (unpaired) electrons. The summed E-state index contributed by atoms with van der Waals surface area (Å²) in [4.78, 5) is 36.1. The number of aromatic hydroxyl groups is 2. The van der Waals surface area contributed by atoms with Crippen LogP contribution in [0.25, 0.3) is 6.08 Å². The lowest BCUT2D eigenvalue weighted by Gasteiger charge is -2.26. The summed E-state index contributed by atoms with van der Waals surface area (Å²) in [6.45, 7) is 4.94. The predicted molar refractivity (Wildman–Crippen MR) is 106 cm³/mol. The summed E-state index contributed by atoms with van der Waals surface area (Å²) in [5, 5.41) is 45.5. The normalized spacial score (nSPS) is 18.6. The maximum absolute atomic E-state index is 12.7. The smallest absolute Gasteiger partial charge is 0.315 e. The van der Waals surface area contributed by atoms with Gasteiger partial charge in [-0.15, -0.1) is 0 Å². The van der Waals surface area contributed by atoms with Crippen molar-refractivity contribution in [2.75, 3.05) is 26.2 Å². The van der Waals surface area contributed by atoms with Crippen molar-refractivity contribution in [1.82, 2.24) is 15.5 Å². The molecule has 30 heavy (non-hydrogen) atoms. The molecule has 0 saturated carbocycles. The minimum Gasteiger partial charge on any atom is -0.504 e. The summed E-state index contributed by atoms with van der Waals surface area (Å²) in [6.07, 6.45) is 1.73.